The van der Waals surface area contributed by atoms with Gasteiger partial charge >= 0.3 is 0 Å². The Balaban J connectivity index is 1.72. The van der Waals surface area contributed by atoms with Crippen molar-refractivity contribution in [2.45, 2.75) is 45.3 Å². The van der Waals surface area contributed by atoms with E-state index in [4.69, 9.17) is 0 Å². The third kappa shape index (κ3) is 4.38. The first-order chi connectivity index (χ1) is 8.97. The van der Waals surface area contributed by atoms with E-state index in [1.165, 1.54) is 19.3 Å². The molecule has 0 saturated carbocycles. The van der Waals surface area contributed by atoms with Gasteiger partial charge in [-0.15, -0.1) is 11.8 Å². The van der Waals surface area contributed by atoms with E-state index in [0.29, 0.717) is 28.2 Å². The van der Waals surface area contributed by atoms with Crippen molar-refractivity contribution in [3.63, 3.8) is 0 Å². The lowest BCUT2D eigenvalue weighted by molar-refractivity contribution is -0.127. The maximum Gasteiger partial charge on any atom is 0.232 e. The molecule has 0 aromatic rings. The first-order valence-electron chi connectivity index (χ1n) is 7.57. The second-order valence-corrected chi connectivity index (χ2v) is 8.24. The topological polar surface area (TPSA) is 32.3 Å². The minimum atomic E-state index is 0.331. The van der Waals surface area contributed by atoms with E-state index in [-0.39, 0.29) is 0 Å². The Hall–Kier alpha value is -0.220. The highest BCUT2D eigenvalue weighted by Gasteiger charge is 2.33. The van der Waals surface area contributed by atoms with Crippen molar-refractivity contribution >= 4 is 17.7 Å². The molecular weight excluding hydrogens is 256 g/mol. The van der Waals surface area contributed by atoms with Gasteiger partial charge in [0.25, 0.3) is 0 Å². The third-order valence-electron chi connectivity index (χ3n) is 4.49. The Kier molecular flexibility index (Phi) is 5.18. The monoisotopic (exact) mass is 284 g/mol. The van der Waals surface area contributed by atoms with Gasteiger partial charge in [-0.3, -0.25) is 4.79 Å². The van der Waals surface area contributed by atoms with Gasteiger partial charge in [0, 0.05) is 18.3 Å². The van der Waals surface area contributed by atoms with Crippen molar-refractivity contribution < 1.29 is 4.79 Å². The molecule has 2 heterocycles. The highest BCUT2D eigenvalue weighted by atomic mass is 32.2. The van der Waals surface area contributed by atoms with Gasteiger partial charge in [-0.25, -0.2) is 0 Å². The lowest BCUT2D eigenvalue weighted by Gasteiger charge is -2.27. The number of carbonyl (C=O) groups is 1. The van der Waals surface area contributed by atoms with Crippen LogP contribution in [0.4, 0.5) is 0 Å². The molecule has 4 heteroatoms. The maximum atomic E-state index is 12.2. The van der Waals surface area contributed by atoms with E-state index in [1.54, 1.807) is 0 Å². The van der Waals surface area contributed by atoms with Gasteiger partial charge in [0.05, 0.1) is 5.75 Å². The Bertz CT molecular complexity index is 308. The number of hydrogen-bond donors (Lipinski definition) is 1. The van der Waals surface area contributed by atoms with E-state index in [1.807, 2.05) is 11.8 Å². The van der Waals surface area contributed by atoms with Crippen LogP contribution >= 0.6 is 11.8 Å². The van der Waals surface area contributed by atoms with Crippen molar-refractivity contribution in [2.24, 2.45) is 11.3 Å². The number of rotatable bonds is 3. The predicted octanol–water partition coefficient (Wildman–Crippen LogP) is 2.37. The number of likely N-dealkylation sites (tertiary alicyclic amines) is 1. The third-order valence-corrected chi connectivity index (χ3v) is 5.85. The molecule has 0 radical (unpaired) electrons. The number of carbonyl (C=O) groups excluding carboxylic acids is 1. The second-order valence-electron chi connectivity index (χ2n) is 6.95. The summed E-state index contributed by atoms with van der Waals surface area (Å²) in [5.41, 5.74) is 0.331. The normalized spacial score (nSPS) is 25.8. The number of nitrogens with zero attached hydrogens (tertiary/aromatic N) is 1. The van der Waals surface area contributed by atoms with Crippen LogP contribution in [-0.2, 0) is 4.79 Å². The van der Waals surface area contributed by atoms with E-state index in [9.17, 15) is 4.79 Å². The molecule has 1 amide bonds. The summed E-state index contributed by atoms with van der Waals surface area (Å²) >= 11 is 1.87. The van der Waals surface area contributed by atoms with E-state index < -0.39 is 0 Å². The number of thioether (sulfide) groups is 1. The van der Waals surface area contributed by atoms with Crippen LogP contribution in [0, 0.1) is 11.3 Å². The Labute approximate surface area is 121 Å². The first-order valence-corrected chi connectivity index (χ1v) is 8.62. The Morgan fingerprint density at radius 2 is 1.95 bits per heavy atom. The zero-order chi connectivity index (χ0) is 13.9. The Morgan fingerprint density at radius 3 is 2.53 bits per heavy atom. The molecule has 3 nitrogen and oxygen atoms in total. The molecule has 2 rings (SSSR count). The molecule has 1 unspecified atom stereocenters. The molecule has 0 aliphatic carbocycles. The van der Waals surface area contributed by atoms with Crippen LogP contribution in [0.15, 0.2) is 0 Å². The number of nitrogens with one attached hydrogen (secondary N) is 1. The van der Waals surface area contributed by atoms with Crippen molar-refractivity contribution in [1.82, 2.24) is 10.2 Å². The molecule has 0 bridgehead atoms. The molecule has 1 atom stereocenters. The van der Waals surface area contributed by atoms with Gasteiger partial charge in [-0.1, -0.05) is 20.8 Å². The fraction of sp³-hybridized carbons (Fsp3) is 0.933. The van der Waals surface area contributed by atoms with Crippen molar-refractivity contribution in [1.29, 1.82) is 0 Å². The SMILES string of the molecule is CC(C)(C)C1CCN(C(=O)CSC2CCNCC2)C1. The van der Waals surface area contributed by atoms with Crippen LogP contribution in [0.3, 0.4) is 0 Å². The van der Waals surface area contributed by atoms with Gasteiger partial charge in [0.2, 0.25) is 5.91 Å². The van der Waals surface area contributed by atoms with Gasteiger partial charge in [0.1, 0.15) is 0 Å². The van der Waals surface area contributed by atoms with Crippen LogP contribution in [0.5, 0.6) is 0 Å². The fourth-order valence-corrected chi connectivity index (χ4v) is 4.07. The van der Waals surface area contributed by atoms with E-state index in [2.05, 4.69) is 31.0 Å². The summed E-state index contributed by atoms with van der Waals surface area (Å²) in [7, 11) is 0. The van der Waals surface area contributed by atoms with E-state index >= 15 is 0 Å². The second kappa shape index (κ2) is 6.49. The molecule has 2 aliphatic rings. The summed E-state index contributed by atoms with van der Waals surface area (Å²) in [6, 6.07) is 0. The fourth-order valence-electron chi connectivity index (χ4n) is 2.94. The molecule has 0 aromatic heterocycles. The van der Waals surface area contributed by atoms with Gasteiger partial charge < -0.3 is 10.2 Å². The number of amides is 1. The van der Waals surface area contributed by atoms with Crippen molar-refractivity contribution in [3.8, 4) is 0 Å². The lowest BCUT2D eigenvalue weighted by Crippen LogP contribution is -2.34. The van der Waals surface area contributed by atoms with Gasteiger partial charge in [-0.2, -0.15) is 0 Å². The summed E-state index contributed by atoms with van der Waals surface area (Å²) in [6.45, 7) is 11.0. The molecule has 2 fully saturated rings. The standard InChI is InChI=1S/C15H28N2OS/c1-15(2,3)12-6-9-17(10-12)14(18)11-19-13-4-7-16-8-5-13/h12-13,16H,4-11H2,1-3H3. The molecular formula is C15H28N2OS. The zero-order valence-corrected chi connectivity index (χ0v) is 13.4. The molecule has 0 spiro atoms. The quantitative estimate of drug-likeness (QED) is 0.863. The first kappa shape index (κ1) is 15.2. The molecule has 0 aromatic carbocycles. The summed E-state index contributed by atoms with van der Waals surface area (Å²) in [6.07, 6.45) is 3.60. The van der Waals surface area contributed by atoms with Gasteiger partial charge in [0.15, 0.2) is 0 Å². The maximum absolute atomic E-state index is 12.2. The van der Waals surface area contributed by atoms with Crippen LogP contribution in [0.2, 0.25) is 0 Å². The molecule has 19 heavy (non-hydrogen) atoms. The highest BCUT2D eigenvalue weighted by molar-refractivity contribution is 8.00. The summed E-state index contributed by atoms with van der Waals surface area (Å²) < 4.78 is 0. The van der Waals surface area contributed by atoms with Crippen LogP contribution in [0.1, 0.15) is 40.0 Å². The minimum Gasteiger partial charge on any atom is -0.342 e. The molecule has 2 saturated heterocycles. The average Bonchev–Trinajstić information content (AvgIpc) is 2.87. The van der Waals surface area contributed by atoms with Gasteiger partial charge in [-0.05, 0) is 43.7 Å². The van der Waals surface area contributed by atoms with Crippen molar-refractivity contribution in [2.75, 3.05) is 31.9 Å². The summed E-state index contributed by atoms with van der Waals surface area (Å²) in [5, 5.41) is 4.06. The highest BCUT2D eigenvalue weighted by Crippen LogP contribution is 2.34. The largest absolute Gasteiger partial charge is 0.342 e. The van der Waals surface area contributed by atoms with Crippen LogP contribution in [0.25, 0.3) is 0 Å². The average molecular weight is 284 g/mol. The van der Waals surface area contributed by atoms with E-state index in [0.717, 1.165) is 26.2 Å². The zero-order valence-electron chi connectivity index (χ0n) is 12.6. The van der Waals surface area contributed by atoms with Crippen molar-refractivity contribution in [3.05, 3.63) is 0 Å². The summed E-state index contributed by atoms with van der Waals surface area (Å²) in [4.78, 5) is 14.3. The van der Waals surface area contributed by atoms with Crippen LogP contribution < -0.4 is 5.32 Å². The smallest absolute Gasteiger partial charge is 0.232 e. The predicted molar refractivity (Wildman–Crippen MR) is 82.5 cm³/mol. The lowest BCUT2D eigenvalue weighted by atomic mass is 9.80. The molecule has 110 valence electrons. The minimum absolute atomic E-state index is 0.331. The van der Waals surface area contributed by atoms with Crippen LogP contribution in [-0.4, -0.2) is 48.0 Å². The molecule has 1 N–H and O–H groups in total. The summed E-state index contributed by atoms with van der Waals surface area (Å²) in [5.74, 6) is 1.71. The number of hydrogen-bond acceptors (Lipinski definition) is 3. The number of piperidine rings is 1. The Morgan fingerprint density at radius 1 is 1.26 bits per heavy atom. The molecule has 2 aliphatic heterocycles.